The monoisotopic (exact) mass is 329 g/mol. The molecular weight excluding hydrogens is 302 g/mol. The molecular formula is C18H27N5O. The quantitative estimate of drug-likeness (QED) is 0.908. The van der Waals surface area contributed by atoms with Gasteiger partial charge in [-0.2, -0.15) is 0 Å². The number of aryl methyl sites for hydroxylation is 2. The first-order valence-corrected chi connectivity index (χ1v) is 8.85. The van der Waals surface area contributed by atoms with E-state index in [9.17, 15) is 4.79 Å². The molecule has 1 fully saturated rings. The molecule has 1 aliphatic heterocycles. The third-order valence-electron chi connectivity index (χ3n) is 4.41. The molecule has 3 rings (SSSR count). The summed E-state index contributed by atoms with van der Waals surface area (Å²) in [5.74, 6) is 1.78. The van der Waals surface area contributed by atoms with E-state index in [0.717, 1.165) is 55.2 Å². The van der Waals surface area contributed by atoms with Gasteiger partial charge in [0, 0.05) is 51.8 Å². The van der Waals surface area contributed by atoms with E-state index in [0.29, 0.717) is 18.9 Å². The second kappa shape index (κ2) is 7.30. The van der Waals surface area contributed by atoms with Crippen molar-refractivity contribution in [1.82, 2.24) is 24.8 Å². The summed E-state index contributed by atoms with van der Waals surface area (Å²) in [7, 11) is 0. The molecule has 0 atom stereocenters. The normalized spacial score (nSPS) is 15.4. The van der Waals surface area contributed by atoms with E-state index in [1.54, 1.807) is 0 Å². The van der Waals surface area contributed by atoms with Gasteiger partial charge in [0.1, 0.15) is 11.3 Å². The second-order valence-electron chi connectivity index (χ2n) is 7.01. The van der Waals surface area contributed by atoms with Crippen molar-refractivity contribution in [1.29, 1.82) is 0 Å². The molecule has 0 aliphatic carbocycles. The summed E-state index contributed by atoms with van der Waals surface area (Å²) in [6.45, 7) is 10.4. The minimum absolute atomic E-state index is 0.223. The molecule has 1 amide bonds. The second-order valence-corrected chi connectivity index (χ2v) is 7.01. The van der Waals surface area contributed by atoms with Crippen LogP contribution in [0, 0.1) is 12.8 Å². The van der Waals surface area contributed by atoms with Crippen molar-refractivity contribution in [2.24, 2.45) is 5.92 Å². The van der Waals surface area contributed by atoms with Gasteiger partial charge in [-0.3, -0.25) is 4.79 Å². The third kappa shape index (κ3) is 3.75. The van der Waals surface area contributed by atoms with E-state index in [4.69, 9.17) is 4.98 Å². The molecule has 1 N–H and O–H groups in total. The lowest BCUT2D eigenvalue weighted by molar-refractivity contribution is -0.131. The van der Waals surface area contributed by atoms with Gasteiger partial charge in [-0.1, -0.05) is 13.8 Å². The first-order valence-electron chi connectivity index (χ1n) is 8.85. The van der Waals surface area contributed by atoms with Crippen molar-refractivity contribution >= 4 is 17.1 Å². The molecule has 0 radical (unpaired) electrons. The van der Waals surface area contributed by atoms with Gasteiger partial charge in [0.15, 0.2) is 5.65 Å². The van der Waals surface area contributed by atoms with E-state index in [1.807, 2.05) is 18.0 Å². The summed E-state index contributed by atoms with van der Waals surface area (Å²) in [5.41, 5.74) is 2.93. The number of fused-ring (bicyclic) bond motifs is 1. The fourth-order valence-corrected chi connectivity index (χ4v) is 3.19. The number of piperazine rings is 1. The average Bonchev–Trinajstić information content (AvgIpc) is 2.88. The van der Waals surface area contributed by atoms with E-state index in [2.05, 4.69) is 34.8 Å². The molecule has 6 heteroatoms. The van der Waals surface area contributed by atoms with Crippen LogP contribution in [0.4, 0.5) is 0 Å². The Hall–Kier alpha value is -1.95. The van der Waals surface area contributed by atoms with Crippen LogP contribution in [-0.4, -0.2) is 51.5 Å². The molecule has 0 aromatic carbocycles. The van der Waals surface area contributed by atoms with Crippen LogP contribution >= 0.6 is 0 Å². The number of rotatable bonds is 5. The Morgan fingerprint density at radius 1 is 1.33 bits per heavy atom. The number of hydrogen-bond donors (Lipinski definition) is 1. The molecule has 24 heavy (non-hydrogen) atoms. The smallest absolute Gasteiger partial charge is 0.224 e. The van der Waals surface area contributed by atoms with Crippen molar-refractivity contribution in [2.75, 3.05) is 26.2 Å². The van der Waals surface area contributed by atoms with E-state index >= 15 is 0 Å². The van der Waals surface area contributed by atoms with Gasteiger partial charge < -0.3 is 14.8 Å². The standard InChI is InChI=1S/C18H27N5O/c1-13(2)10-16-21-15-11-14(3)12-20-18(15)23(16)7-4-17(24)22-8-5-19-6-9-22/h11-13,19H,4-10H2,1-3H3. The molecule has 2 aromatic heterocycles. The highest BCUT2D eigenvalue weighted by Gasteiger charge is 2.18. The minimum atomic E-state index is 0.223. The van der Waals surface area contributed by atoms with Crippen molar-refractivity contribution < 1.29 is 4.79 Å². The highest BCUT2D eigenvalue weighted by Crippen LogP contribution is 2.18. The van der Waals surface area contributed by atoms with Gasteiger partial charge in [0.25, 0.3) is 0 Å². The predicted octanol–water partition coefficient (Wildman–Crippen LogP) is 1.76. The van der Waals surface area contributed by atoms with Crippen LogP contribution in [0.15, 0.2) is 12.3 Å². The maximum absolute atomic E-state index is 12.5. The molecule has 6 nitrogen and oxygen atoms in total. The Morgan fingerprint density at radius 3 is 2.79 bits per heavy atom. The Morgan fingerprint density at radius 2 is 2.08 bits per heavy atom. The number of nitrogens with zero attached hydrogens (tertiary/aromatic N) is 4. The zero-order valence-electron chi connectivity index (χ0n) is 14.9. The SMILES string of the molecule is Cc1cnc2c(c1)nc(CC(C)C)n2CCC(=O)N1CCNCC1. The summed E-state index contributed by atoms with van der Waals surface area (Å²) < 4.78 is 2.13. The van der Waals surface area contributed by atoms with Crippen molar-refractivity contribution in [3.8, 4) is 0 Å². The first kappa shape index (κ1) is 16.9. The maximum Gasteiger partial charge on any atom is 0.224 e. The number of carbonyl (C=O) groups is 1. The minimum Gasteiger partial charge on any atom is -0.340 e. The summed E-state index contributed by atoms with van der Waals surface area (Å²) in [5, 5.41) is 3.28. The summed E-state index contributed by atoms with van der Waals surface area (Å²) in [6.07, 6.45) is 3.28. The molecule has 130 valence electrons. The number of nitrogens with one attached hydrogen (secondary N) is 1. The lowest BCUT2D eigenvalue weighted by atomic mass is 10.1. The van der Waals surface area contributed by atoms with Gasteiger partial charge in [-0.25, -0.2) is 9.97 Å². The van der Waals surface area contributed by atoms with Crippen molar-refractivity contribution in [2.45, 2.75) is 40.2 Å². The van der Waals surface area contributed by atoms with Crippen LogP contribution in [0.25, 0.3) is 11.2 Å². The van der Waals surface area contributed by atoms with Gasteiger partial charge in [0.2, 0.25) is 5.91 Å². The molecule has 0 unspecified atom stereocenters. The van der Waals surface area contributed by atoms with Crippen LogP contribution in [-0.2, 0) is 17.8 Å². The highest BCUT2D eigenvalue weighted by atomic mass is 16.2. The van der Waals surface area contributed by atoms with E-state index < -0.39 is 0 Å². The van der Waals surface area contributed by atoms with Crippen LogP contribution < -0.4 is 5.32 Å². The van der Waals surface area contributed by atoms with Gasteiger partial charge in [-0.15, -0.1) is 0 Å². The molecule has 1 saturated heterocycles. The van der Waals surface area contributed by atoms with Gasteiger partial charge >= 0.3 is 0 Å². The number of imidazole rings is 1. The van der Waals surface area contributed by atoms with Gasteiger partial charge in [0.05, 0.1) is 0 Å². The topological polar surface area (TPSA) is 63.1 Å². The van der Waals surface area contributed by atoms with Crippen LogP contribution in [0.1, 0.15) is 31.7 Å². The van der Waals surface area contributed by atoms with Crippen LogP contribution in [0.5, 0.6) is 0 Å². The zero-order chi connectivity index (χ0) is 17.1. The largest absolute Gasteiger partial charge is 0.340 e. The zero-order valence-corrected chi connectivity index (χ0v) is 14.9. The maximum atomic E-state index is 12.5. The molecule has 1 aliphatic rings. The summed E-state index contributed by atoms with van der Waals surface area (Å²) in [6, 6.07) is 2.07. The lowest BCUT2D eigenvalue weighted by Gasteiger charge is -2.27. The first-order chi connectivity index (χ1) is 11.5. The van der Waals surface area contributed by atoms with E-state index in [-0.39, 0.29) is 5.91 Å². The number of pyridine rings is 1. The van der Waals surface area contributed by atoms with Crippen molar-refractivity contribution in [3.63, 3.8) is 0 Å². The Kier molecular flexibility index (Phi) is 5.14. The third-order valence-corrected chi connectivity index (χ3v) is 4.41. The molecule has 2 aromatic rings. The van der Waals surface area contributed by atoms with Crippen molar-refractivity contribution in [3.05, 3.63) is 23.7 Å². The fraction of sp³-hybridized carbons (Fsp3) is 0.611. The molecule has 0 saturated carbocycles. The van der Waals surface area contributed by atoms with Crippen LogP contribution in [0.3, 0.4) is 0 Å². The summed E-state index contributed by atoms with van der Waals surface area (Å²) in [4.78, 5) is 23.7. The van der Waals surface area contributed by atoms with Gasteiger partial charge in [-0.05, 0) is 24.5 Å². The van der Waals surface area contributed by atoms with E-state index in [1.165, 1.54) is 0 Å². The van der Waals surface area contributed by atoms with Crippen LogP contribution in [0.2, 0.25) is 0 Å². The Balaban J connectivity index is 1.79. The Labute approximate surface area is 143 Å². The number of aromatic nitrogens is 3. The molecule has 0 spiro atoms. The average molecular weight is 329 g/mol. The molecule has 3 heterocycles. The highest BCUT2D eigenvalue weighted by molar-refractivity contribution is 5.77. The summed E-state index contributed by atoms with van der Waals surface area (Å²) >= 11 is 0. The number of carbonyl (C=O) groups excluding carboxylic acids is 1. The number of amides is 1. The lowest BCUT2D eigenvalue weighted by Crippen LogP contribution is -2.46. The number of hydrogen-bond acceptors (Lipinski definition) is 4. The fourth-order valence-electron chi connectivity index (χ4n) is 3.19. The molecule has 0 bridgehead atoms. The predicted molar refractivity (Wildman–Crippen MR) is 94.9 cm³/mol. The Bertz CT molecular complexity index is 716.